The van der Waals surface area contributed by atoms with Gasteiger partial charge in [0.2, 0.25) is 0 Å². The molecule has 0 unspecified atom stereocenters. The zero-order valence-electron chi connectivity index (χ0n) is 12.5. The van der Waals surface area contributed by atoms with Crippen LogP contribution in [0.2, 0.25) is 0 Å². The molecule has 0 saturated carbocycles. The summed E-state index contributed by atoms with van der Waals surface area (Å²) in [5.41, 5.74) is 3.32. The fourth-order valence-corrected chi connectivity index (χ4v) is 2.85. The summed E-state index contributed by atoms with van der Waals surface area (Å²) in [6, 6.07) is 3.63. The molecule has 3 aromatic heterocycles. The highest BCUT2D eigenvalue weighted by Gasteiger charge is 2.16. The lowest BCUT2D eigenvalue weighted by Crippen LogP contribution is -2.02. The molecule has 0 spiro atoms. The lowest BCUT2D eigenvalue weighted by molar-refractivity contribution is 0.102. The number of aryl methyl sites for hydroxylation is 3. The average Bonchev–Trinajstić information content (AvgIpc) is 3.16. The molecule has 1 N–H and O–H groups in total. The number of nitrogens with zero attached hydrogens (tertiary/aromatic N) is 2. The number of aromatic amines is 1. The first kappa shape index (κ1) is 14.6. The van der Waals surface area contributed by atoms with Crippen LogP contribution in [0.15, 0.2) is 32.5 Å². The molecule has 3 heterocycles. The number of thioether (sulfide) groups is 1. The number of carbonyl (C=O) groups excluding carboxylic acids is 1. The smallest absolute Gasteiger partial charge is 0.277 e. The summed E-state index contributed by atoms with van der Waals surface area (Å²) >= 11 is 1.23. The highest BCUT2D eigenvalue weighted by atomic mass is 32.2. The van der Waals surface area contributed by atoms with Crippen molar-refractivity contribution in [1.82, 2.24) is 15.2 Å². The number of carbonyl (C=O) groups is 1. The van der Waals surface area contributed by atoms with Gasteiger partial charge in [-0.3, -0.25) is 4.79 Å². The second-order valence-electron chi connectivity index (χ2n) is 4.97. The molecular formula is C15H15N3O3S. The van der Waals surface area contributed by atoms with Crippen LogP contribution >= 0.6 is 11.8 Å². The van der Waals surface area contributed by atoms with Crippen molar-refractivity contribution >= 4 is 17.5 Å². The van der Waals surface area contributed by atoms with Crippen LogP contribution < -0.4 is 0 Å². The Hall–Kier alpha value is -2.28. The zero-order valence-corrected chi connectivity index (χ0v) is 13.3. The van der Waals surface area contributed by atoms with Crippen LogP contribution in [-0.2, 0) is 0 Å². The largest absolute Gasteiger partial charge is 0.469 e. The zero-order chi connectivity index (χ0) is 15.7. The van der Waals surface area contributed by atoms with Crippen LogP contribution in [0.5, 0.6) is 0 Å². The molecule has 6 nitrogen and oxygen atoms in total. The Morgan fingerprint density at radius 3 is 2.77 bits per heavy atom. The third-order valence-electron chi connectivity index (χ3n) is 3.27. The summed E-state index contributed by atoms with van der Waals surface area (Å²) in [6.07, 6.45) is 1.57. The molecule has 0 aliphatic carbocycles. The molecule has 7 heteroatoms. The number of furan rings is 1. The van der Waals surface area contributed by atoms with Gasteiger partial charge in [-0.15, -0.1) is 10.2 Å². The second kappa shape index (κ2) is 5.84. The van der Waals surface area contributed by atoms with Gasteiger partial charge in [-0.25, -0.2) is 0 Å². The third kappa shape index (κ3) is 2.85. The Kier molecular flexibility index (Phi) is 3.89. The van der Waals surface area contributed by atoms with Gasteiger partial charge in [-0.1, -0.05) is 11.8 Å². The molecule has 3 aromatic rings. The second-order valence-corrected chi connectivity index (χ2v) is 5.89. The van der Waals surface area contributed by atoms with Crippen molar-refractivity contribution < 1.29 is 13.6 Å². The van der Waals surface area contributed by atoms with E-state index in [-0.39, 0.29) is 11.5 Å². The molecule has 114 valence electrons. The first-order valence-corrected chi connectivity index (χ1v) is 7.73. The molecule has 0 amide bonds. The molecule has 0 radical (unpaired) electrons. The lowest BCUT2D eigenvalue weighted by atomic mass is 10.2. The Balaban J connectivity index is 1.67. The Morgan fingerprint density at radius 1 is 1.32 bits per heavy atom. The number of nitrogens with one attached hydrogen (secondary N) is 1. The van der Waals surface area contributed by atoms with Gasteiger partial charge in [0.25, 0.3) is 11.1 Å². The van der Waals surface area contributed by atoms with Crippen LogP contribution in [0.4, 0.5) is 0 Å². The summed E-state index contributed by atoms with van der Waals surface area (Å²) < 4.78 is 10.8. The highest BCUT2D eigenvalue weighted by molar-refractivity contribution is 7.99. The van der Waals surface area contributed by atoms with Crippen LogP contribution in [0.1, 0.15) is 27.5 Å². The highest BCUT2D eigenvalue weighted by Crippen LogP contribution is 2.26. The number of aromatic nitrogens is 3. The molecule has 0 bridgehead atoms. The van der Waals surface area contributed by atoms with Gasteiger partial charge in [0.15, 0.2) is 5.78 Å². The lowest BCUT2D eigenvalue weighted by Gasteiger charge is -1.97. The van der Waals surface area contributed by atoms with E-state index in [1.807, 2.05) is 26.8 Å². The van der Waals surface area contributed by atoms with E-state index in [0.717, 1.165) is 22.7 Å². The Bertz CT molecular complexity index is 816. The van der Waals surface area contributed by atoms with Gasteiger partial charge < -0.3 is 13.8 Å². The van der Waals surface area contributed by atoms with E-state index in [2.05, 4.69) is 15.2 Å². The van der Waals surface area contributed by atoms with Crippen LogP contribution in [0, 0.1) is 20.8 Å². The number of H-pyrrole nitrogens is 1. The van der Waals surface area contributed by atoms with E-state index < -0.39 is 0 Å². The van der Waals surface area contributed by atoms with Crippen LogP contribution in [0.25, 0.3) is 11.5 Å². The summed E-state index contributed by atoms with van der Waals surface area (Å²) in [6.45, 7) is 5.64. The van der Waals surface area contributed by atoms with Gasteiger partial charge >= 0.3 is 0 Å². The fourth-order valence-electron chi connectivity index (χ4n) is 2.20. The topological polar surface area (TPSA) is 84.9 Å². The summed E-state index contributed by atoms with van der Waals surface area (Å²) in [7, 11) is 0. The molecule has 3 rings (SSSR count). The van der Waals surface area contributed by atoms with Crippen molar-refractivity contribution in [1.29, 1.82) is 0 Å². The SMILES string of the molecule is Cc1cc(C(=O)CSc2nnc(-c3ccoc3C)o2)c(C)[nH]1. The molecule has 0 atom stereocenters. The van der Waals surface area contributed by atoms with Gasteiger partial charge in [-0.2, -0.15) is 0 Å². The van der Waals surface area contributed by atoms with E-state index in [9.17, 15) is 4.79 Å². The molecular weight excluding hydrogens is 302 g/mol. The van der Waals surface area contributed by atoms with Crippen molar-refractivity contribution in [3.63, 3.8) is 0 Å². The summed E-state index contributed by atoms with van der Waals surface area (Å²) in [4.78, 5) is 15.3. The molecule has 22 heavy (non-hydrogen) atoms. The summed E-state index contributed by atoms with van der Waals surface area (Å²) in [5, 5.41) is 8.30. The molecule has 0 aliphatic heterocycles. The monoisotopic (exact) mass is 317 g/mol. The maximum atomic E-state index is 12.2. The van der Waals surface area contributed by atoms with Crippen molar-refractivity contribution in [2.75, 3.05) is 5.75 Å². The fraction of sp³-hybridized carbons (Fsp3) is 0.267. The van der Waals surface area contributed by atoms with E-state index >= 15 is 0 Å². The Morgan fingerprint density at radius 2 is 2.14 bits per heavy atom. The normalized spacial score (nSPS) is 11.0. The number of rotatable bonds is 5. The standard InChI is InChI=1S/C15H15N3O3S/c1-8-6-12(9(2)16-8)13(19)7-22-15-18-17-14(21-15)11-4-5-20-10(11)3/h4-6,16H,7H2,1-3H3. The van der Waals surface area contributed by atoms with Crippen molar-refractivity contribution in [2.24, 2.45) is 0 Å². The van der Waals surface area contributed by atoms with Crippen molar-refractivity contribution in [2.45, 2.75) is 26.0 Å². The van der Waals surface area contributed by atoms with E-state index in [1.165, 1.54) is 11.8 Å². The molecule has 0 saturated heterocycles. The van der Waals surface area contributed by atoms with Crippen LogP contribution in [-0.4, -0.2) is 26.7 Å². The van der Waals surface area contributed by atoms with Gasteiger partial charge in [-0.05, 0) is 32.9 Å². The predicted octanol–water partition coefficient (Wildman–Crippen LogP) is 3.56. The minimum Gasteiger partial charge on any atom is -0.469 e. The average molecular weight is 317 g/mol. The molecule has 0 aromatic carbocycles. The third-order valence-corrected chi connectivity index (χ3v) is 4.09. The molecule has 0 aliphatic rings. The maximum absolute atomic E-state index is 12.2. The first-order chi connectivity index (χ1) is 10.5. The summed E-state index contributed by atoms with van der Waals surface area (Å²) in [5.74, 6) is 1.40. The van der Waals surface area contributed by atoms with Crippen molar-refractivity contribution in [3.05, 3.63) is 41.1 Å². The minimum absolute atomic E-state index is 0.0334. The number of hydrogen-bond acceptors (Lipinski definition) is 6. The van der Waals surface area contributed by atoms with Gasteiger partial charge in [0.05, 0.1) is 17.6 Å². The predicted molar refractivity (Wildman–Crippen MR) is 82.1 cm³/mol. The number of Topliss-reactive ketones (excluding diaryl/α,β-unsaturated/α-hetero) is 1. The van der Waals surface area contributed by atoms with E-state index in [1.54, 1.807) is 12.3 Å². The van der Waals surface area contributed by atoms with E-state index in [4.69, 9.17) is 8.83 Å². The quantitative estimate of drug-likeness (QED) is 0.572. The molecule has 0 fully saturated rings. The van der Waals surface area contributed by atoms with E-state index in [0.29, 0.717) is 16.7 Å². The first-order valence-electron chi connectivity index (χ1n) is 6.75. The van der Waals surface area contributed by atoms with Crippen molar-refractivity contribution in [3.8, 4) is 11.5 Å². The van der Waals surface area contributed by atoms with Crippen LogP contribution in [0.3, 0.4) is 0 Å². The van der Waals surface area contributed by atoms with Gasteiger partial charge in [0, 0.05) is 17.0 Å². The van der Waals surface area contributed by atoms with Gasteiger partial charge in [0.1, 0.15) is 5.76 Å². The maximum Gasteiger partial charge on any atom is 0.277 e. The minimum atomic E-state index is 0.0334. The Labute approximate surface area is 131 Å². The number of ketones is 1. The number of hydrogen-bond donors (Lipinski definition) is 1.